The number of hydrogen-bond acceptors (Lipinski definition) is 4. The first kappa shape index (κ1) is 11.1. The quantitative estimate of drug-likeness (QED) is 0.477. The highest BCUT2D eigenvalue weighted by Gasteiger charge is 2.20. The lowest BCUT2D eigenvalue weighted by Crippen LogP contribution is -2.39. The van der Waals surface area contributed by atoms with Crippen LogP contribution in [0.3, 0.4) is 0 Å². The topological polar surface area (TPSA) is 45.1 Å². The van der Waals surface area contributed by atoms with E-state index in [0.29, 0.717) is 0 Å². The van der Waals surface area contributed by atoms with Gasteiger partial charge in [0.25, 0.3) is 0 Å². The van der Waals surface area contributed by atoms with Gasteiger partial charge in [0.1, 0.15) is 0 Å². The summed E-state index contributed by atoms with van der Waals surface area (Å²) >= 11 is 0. The molecule has 1 aliphatic heterocycles. The van der Waals surface area contributed by atoms with Crippen molar-refractivity contribution in [3.63, 3.8) is 0 Å². The maximum Gasteiger partial charge on any atom is 0.0740 e. The molecule has 1 atom stereocenters. The zero-order valence-corrected chi connectivity index (χ0v) is 9.12. The summed E-state index contributed by atoms with van der Waals surface area (Å²) in [6, 6.07) is 10.1. The van der Waals surface area contributed by atoms with E-state index in [-0.39, 0.29) is 6.04 Å². The zero-order chi connectivity index (χ0) is 11.2. The molecule has 16 heavy (non-hydrogen) atoms. The van der Waals surface area contributed by atoms with Crippen LogP contribution in [0, 0.1) is 0 Å². The minimum atomic E-state index is 0.0371. The van der Waals surface area contributed by atoms with E-state index in [0.717, 1.165) is 31.9 Å². The molecule has 1 N–H and O–H groups in total. The van der Waals surface area contributed by atoms with Crippen molar-refractivity contribution in [3.05, 3.63) is 35.9 Å². The van der Waals surface area contributed by atoms with Crippen LogP contribution in [0.15, 0.2) is 35.5 Å². The Kier molecular flexibility index (Phi) is 3.91. The standard InChI is InChI=1S/C12H16N2O2/c15-13-10-12(11-4-2-1-3-5-11)14-6-8-16-9-7-14/h1-5,10,12,15H,6-9H2. The Morgan fingerprint density at radius 3 is 2.56 bits per heavy atom. The van der Waals surface area contributed by atoms with E-state index in [4.69, 9.17) is 9.94 Å². The van der Waals surface area contributed by atoms with Crippen LogP contribution in [0.1, 0.15) is 11.6 Å². The summed E-state index contributed by atoms with van der Waals surface area (Å²) in [6.07, 6.45) is 1.57. The number of oxime groups is 1. The number of benzene rings is 1. The van der Waals surface area contributed by atoms with Crippen LogP contribution >= 0.6 is 0 Å². The van der Waals surface area contributed by atoms with Gasteiger partial charge in [-0.3, -0.25) is 4.90 Å². The van der Waals surface area contributed by atoms with E-state index in [1.165, 1.54) is 0 Å². The molecule has 0 spiro atoms. The third-order valence-corrected chi connectivity index (χ3v) is 2.79. The van der Waals surface area contributed by atoms with Crippen molar-refractivity contribution in [1.82, 2.24) is 4.90 Å². The monoisotopic (exact) mass is 220 g/mol. The van der Waals surface area contributed by atoms with Crippen LogP contribution in [0.4, 0.5) is 0 Å². The molecule has 0 amide bonds. The molecular formula is C12H16N2O2. The molecule has 0 aromatic heterocycles. The van der Waals surface area contributed by atoms with Gasteiger partial charge in [-0.15, -0.1) is 5.16 Å². The highest BCUT2D eigenvalue weighted by Crippen LogP contribution is 2.19. The Bertz CT molecular complexity index is 334. The maximum absolute atomic E-state index is 8.74. The SMILES string of the molecule is ON=CC(c1ccccc1)N1CCOCC1. The normalized spacial score (nSPS) is 20.0. The van der Waals surface area contributed by atoms with E-state index < -0.39 is 0 Å². The Morgan fingerprint density at radius 2 is 1.94 bits per heavy atom. The van der Waals surface area contributed by atoms with Gasteiger partial charge in [0.05, 0.1) is 25.5 Å². The van der Waals surface area contributed by atoms with Gasteiger partial charge >= 0.3 is 0 Å². The van der Waals surface area contributed by atoms with E-state index in [2.05, 4.69) is 10.1 Å². The summed E-state index contributed by atoms with van der Waals surface area (Å²) < 4.78 is 5.32. The first-order valence-electron chi connectivity index (χ1n) is 5.46. The van der Waals surface area contributed by atoms with Gasteiger partial charge < -0.3 is 9.94 Å². The largest absolute Gasteiger partial charge is 0.411 e. The van der Waals surface area contributed by atoms with E-state index >= 15 is 0 Å². The molecule has 1 heterocycles. The molecule has 1 aliphatic rings. The second-order valence-electron chi connectivity index (χ2n) is 3.77. The van der Waals surface area contributed by atoms with Crippen LogP contribution in [0.5, 0.6) is 0 Å². The Balaban J connectivity index is 2.16. The minimum Gasteiger partial charge on any atom is -0.411 e. The molecule has 2 rings (SSSR count). The van der Waals surface area contributed by atoms with E-state index in [1.807, 2.05) is 30.3 Å². The van der Waals surface area contributed by atoms with E-state index in [9.17, 15) is 0 Å². The molecule has 86 valence electrons. The van der Waals surface area contributed by atoms with Gasteiger partial charge in [-0.1, -0.05) is 30.3 Å². The third kappa shape index (κ3) is 2.59. The molecule has 4 nitrogen and oxygen atoms in total. The third-order valence-electron chi connectivity index (χ3n) is 2.79. The first-order valence-corrected chi connectivity index (χ1v) is 5.46. The molecule has 0 aliphatic carbocycles. The van der Waals surface area contributed by atoms with Crippen LogP contribution < -0.4 is 0 Å². The molecule has 1 aromatic rings. The van der Waals surface area contributed by atoms with Gasteiger partial charge in [0.15, 0.2) is 0 Å². The fourth-order valence-electron chi connectivity index (χ4n) is 1.96. The summed E-state index contributed by atoms with van der Waals surface area (Å²) in [7, 11) is 0. The fraction of sp³-hybridized carbons (Fsp3) is 0.417. The van der Waals surface area contributed by atoms with Crippen molar-refractivity contribution in [3.8, 4) is 0 Å². The molecule has 1 fully saturated rings. The molecule has 0 radical (unpaired) electrons. The molecule has 0 bridgehead atoms. The summed E-state index contributed by atoms with van der Waals surface area (Å²) in [5.41, 5.74) is 1.14. The summed E-state index contributed by atoms with van der Waals surface area (Å²) in [5, 5.41) is 11.9. The second-order valence-corrected chi connectivity index (χ2v) is 3.77. The van der Waals surface area contributed by atoms with Crippen molar-refractivity contribution >= 4 is 6.21 Å². The van der Waals surface area contributed by atoms with Crippen LogP contribution in [0.25, 0.3) is 0 Å². The van der Waals surface area contributed by atoms with Crippen molar-refractivity contribution in [2.24, 2.45) is 5.16 Å². The fourth-order valence-corrected chi connectivity index (χ4v) is 1.96. The minimum absolute atomic E-state index is 0.0371. The maximum atomic E-state index is 8.74. The lowest BCUT2D eigenvalue weighted by Gasteiger charge is -2.32. The van der Waals surface area contributed by atoms with Crippen molar-refractivity contribution < 1.29 is 9.94 Å². The lowest BCUT2D eigenvalue weighted by molar-refractivity contribution is 0.0290. The molecule has 4 heteroatoms. The number of nitrogens with zero attached hydrogens (tertiary/aromatic N) is 2. The predicted molar refractivity (Wildman–Crippen MR) is 61.9 cm³/mol. The summed E-state index contributed by atoms with van der Waals surface area (Å²) in [4.78, 5) is 2.25. The number of ether oxygens (including phenoxy) is 1. The van der Waals surface area contributed by atoms with E-state index in [1.54, 1.807) is 6.21 Å². The molecular weight excluding hydrogens is 204 g/mol. The Labute approximate surface area is 95.1 Å². The zero-order valence-electron chi connectivity index (χ0n) is 9.12. The van der Waals surface area contributed by atoms with Gasteiger partial charge in [0, 0.05) is 13.1 Å². The van der Waals surface area contributed by atoms with Crippen molar-refractivity contribution in [2.75, 3.05) is 26.3 Å². The molecule has 1 unspecified atom stereocenters. The highest BCUT2D eigenvalue weighted by atomic mass is 16.5. The number of hydrogen-bond donors (Lipinski definition) is 1. The summed E-state index contributed by atoms with van der Waals surface area (Å²) in [5.74, 6) is 0. The number of morpholine rings is 1. The van der Waals surface area contributed by atoms with Gasteiger partial charge in [-0.25, -0.2) is 0 Å². The van der Waals surface area contributed by atoms with Crippen molar-refractivity contribution in [1.29, 1.82) is 0 Å². The van der Waals surface area contributed by atoms with Gasteiger partial charge in [0.2, 0.25) is 0 Å². The van der Waals surface area contributed by atoms with Gasteiger partial charge in [-0.05, 0) is 5.56 Å². The average molecular weight is 220 g/mol. The summed E-state index contributed by atoms with van der Waals surface area (Å²) in [6.45, 7) is 3.21. The van der Waals surface area contributed by atoms with Gasteiger partial charge in [-0.2, -0.15) is 0 Å². The lowest BCUT2D eigenvalue weighted by atomic mass is 10.1. The van der Waals surface area contributed by atoms with Crippen LogP contribution in [0.2, 0.25) is 0 Å². The molecule has 1 saturated heterocycles. The Morgan fingerprint density at radius 1 is 1.25 bits per heavy atom. The second kappa shape index (κ2) is 5.63. The molecule has 0 saturated carbocycles. The predicted octanol–water partition coefficient (Wildman–Crippen LogP) is 1.52. The average Bonchev–Trinajstić information content (AvgIpc) is 2.38. The van der Waals surface area contributed by atoms with Crippen molar-refractivity contribution in [2.45, 2.75) is 6.04 Å². The van der Waals surface area contributed by atoms with Crippen LogP contribution in [-0.4, -0.2) is 42.6 Å². The number of rotatable bonds is 3. The van der Waals surface area contributed by atoms with Crippen LogP contribution in [-0.2, 0) is 4.74 Å². The molecule has 1 aromatic carbocycles. The smallest absolute Gasteiger partial charge is 0.0740 e. The Hall–Kier alpha value is -1.39. The first-order chi connectivity index (χ1) is 7.92. The highest BCUT2D eigenvalue weighted by molar-refractivity contribution is 5.66.